The first-order valence-corrected chi connectivity index (χ1v) is 8.01. The number of aromatic amines is 1. The number of nitrogens with zero attached hydrogens (tertiary/aromatic N) is 1. The van der Waals surface area contributed by atoms with Gasteiger partial charge in [0, 0.05) is 19.2 Å². The van der Waals surface area contributed by atoms with Crippen LogP contribution in [0.3, 0.4) is 0 Å². The molecule has 23 heavy (non-hydrogen) atoms. The average molecular weight is 306 g/mol. The minimum Gasteiger partial charge on any atom is -0.358 e. The predicted molar refractivity (Wildman–Crippen MR) is 88.2 cm³/mol. The van der Waals surface area contributed by atoms with Crippen molar-refractivity contribution in [3.05, 3.63) is 65.0 Å². The van der Waals surface area contributed by atoms with Gasteiger partial charge < -0.3 is 9.88 Å². The molecule has 0 aliphatic carbocycles. The van der Waals surface area contributed by atoms with Crippen molar-refractivity contribution in [2.75, 3.05) is 6.54 Å². The number of amides is 1. The topological polar surface area (TPSA) is 53.2 Å². The van der Waals surface area contributed by atoms with E-state index in [9.17, 15) is 9.59 Å². The summed E-state index contributed by atoms with van der Waals surface area (Å²) in [6, 6.07) is 11.9. The van der Waals surface area contributed by atoms with Gasteiger partial charge in [0.2, 0.25) is 0 Å². The van der Waals surface area contributed by atoms with E-state index in [1.54, 1.807) is 12.3 Å². The van der Waals surface area contributed by atoms with E-state index < -0.39 is 0 Å². The van der Waals surface area contributed by atoms with Crippen LogP contribution in [0.15, 0.2) is 48.2 Å². The van der Waals surface area contributed by atoms with Crippen LogP contribution in [0, 0.1) is 0 Å². The number of aromatic nitrogens is 1. The lowest BCUT2D eigenvalue weighted by Crippen LogP contribution is -2.38. The van der Waals surface area contributed by atoms with Gasteiger partial charge in [0.15, 0.2) is 5.78 Å². The Labute approximate surface area is 134 Å². The van der Waals surface area contributed by atoms with Crippen molar-refractivity contribution >= 4 is 17.8 Å². The summed E-state index contributed by atoms with van der Waals surface area (Å²) in [6.45, 7) is 0.723. The van der Waals surface area contributed by atoms with Gasteiger partial charge in [0.1, 0.15) is 0 Å². The van der Waals surface area contributed by atoms with E-state index in [0.717, 1.165) is 18.5 Å². The molecule has 1 atom stereocenters. The fourth-order valence-electron chi connectivity index (χ4n) is 3.61. The lowest BCUT2D eigenvalue weighted by molar-refractivity contribution is 0.0717. The van der Waals surface area contributed by atoms with E-state index in [1.165, 1.54) is 5.57 Å². The number of carbonyl (C=O) groups excluding carboxylic acids is 2. The van der Waals surface area contributed by atoms with Crippen molar-refractivity contribution in [1.82, 2.24) is 9.88 Å². The van der Waals surface area contributed by atoms with Crippen LogP contribution in [-0.2, 0) is 0 Å². The first-order valence-electron chi connectivity index (χ1n) is 8.01. The van der Waals surface area contributed by atoms with Crippen LogP contribution in [0.2, 0.25) is 0 Å². The molecule has 0 bridgehead atoms. The third kappa shape index (κ3) is 2.40. The Bertz CT molecular complexity index is 789. The van der Waals surface area contributed by atoms with Gasteiger partial charge in [-0.15, -0.1) is 0 Å². The molecule has 1 aromatic carbocycles. The second-order valence-electron chi connectivity index (χ2n) is 6.12. The van der Waals surface area contributed by atoms with Crippen molar-refractivity contribution < 1.29 is 9.59 Å². The van der Waals surface area contributed by atoms with Crippen molar-refractivity contribution in [2.45, 2.75) is 25.3 Å². The number of Topliss-reactive ketones (excluding diaryl/α,β-unsaturated/α-hetero) is 1. The quantitative estimate of drug-likeness (QED) is 0.879. The molecule has 2 aliphatic rings. The van der Waals surface area contributed by atoms with Crippen LogP contribution in [0.5, 0.6) is 0 Å². The highest BCUT2D eigenvalue weighted by molar-refractivity contribution is 6.08. The molecule has 0 spiro atoms. The van der Waals surface area contributed by atoms with Gasteiger partial charge in [0.25, 0.3) is 5.91 Å². The molecule has 2 aliphatic heterocycles. The lowest BCUT2D eigenvalue weighted by Gasteiger charge is -2.27. The van der Waals surface area contributed by atoms with Gasteiger partial charge in [-0.25, -0.2) is 0 Å². The lowest BCUT2D eigenvalue weighted by atomic mass is 9.95. The van der Waals surface area contributed by atoms with Gasteiger partial charge in [-0.3, -0.25) is 9.59 Å². The number of carbonyl (C=O) groups is 2. The number of hydrogen-bond acceptors (Lipinski definition) is 2. The number of nitrogens with one attached hydrogen (secondary N) is 1. The molecular weight excluding hydrogens is 288 g/mol. The SMILES string of the molecule is O=C1CC[C@@H]2/C(=C/c3ccccc3)CCN2C(=O)c2cc[nH]c21. The van der Waals surface area contributed by atoms with Gasteiger partial charge in [-0.2, -0.15) is 0 Å². The van der Waals surface area contributed by atoms with Crippen molar-refractivity contribution in [2.24, 2.45) is 0 Å². The summed E-state index contributed by atoms with van der Waals surface area (Å²) in [6.07, 6.45) is 5.88. The fourth-order valence-corrected chi connectivity index (χ4v) is 3.61. The van der Waals surface area contributed by atoms with Gasteiger partial charge >= 0.3 is 0 Å². The summed E-state index contributed by atoms with van der Waals surface area (Å²) in [7, 11) is 0. The molecule has 116 valence electrons. The van der Waals surface area contributed by atoms with Crippen molar-refractivity contribution in [3.8, 4) is 0 Å². The van der Waals surface area contributed by atoms with Crippen LogP contribution in [0.25, 0.3) is 6.08 Å². The molecule has 1 fully saturated rings. The first-order chi connectivity index (χ1) is 11.2. The molecule has 4 nitrogen and oxygen atoms in total. The monoisotopic (exact) mass is 306 g/mol. The second-order valence-corrected chi connectivity index (χ2v) is 6.12. The number of hydrogen-bond donors (Lipinski definition) is 1. The molecule has 4 heteroatoms. The number of fused-ring (bicyclic) bond motifs is 2. The predicted octanol–water partition coefficient (Wildman–Crippen LogP) is 3.29. The summed E-state index contributed by atoms with van der Waals surface area (Å²) in [5.74, 6) is -0.000257. The Morgan fingerprint density at radius 3 is 2.74 bits per heavy atom. The van der Waals surface area contributed by atoms with E-state index in [1.807, 2.05) is 23.1 Å². The zero-order chi connectivity index (χ0) is 15.8. The highest BCUT2D eigenvalue weighted by Crippen LogP contribution is 2.33. The first kappa shape index (κ1) is 14.0. The van der Waals surface area contributed by atoms with E-state index in [4.69, 9.17) is 0 Å². The summed E-state index contributed by atoms with van der Waals surface area (Å²) in [5, 5.41) is 0. The largest absolute Gasteiger partial charge is 0.358 e. The molecule has 0 unspecified atom stereocenters. The van der Waals surface area contributed by atoms with Crippen molar-refractivity contribution in [1.29, 1.82) is 0 Å². The zero-order valence-electron chi connectivity index (χ0n) is 12.8. The fraction of sp³-hybridized carbons (Fsp3) is 0.263. The number of H-pyrrole nitrogens is 1. The Morgan fingerprint density at radius 2 is 1.91 bits per heavy atom. The third-order valence-electron chi connectivity index (χ3n) is 4.76. The molecule has 1 aromatic heterocycles. The summed E-state index contributed by atoms with van der Waals surface area (Å²) in [5.41, 5.74) is 3.37. The highest BCUT2D eigenvalue weighted by Gasteiger charge is 2.37. The van der Waals surface area contributed by atoms with E-state index in [-0.39, 0.29) is 17.7 Å². The van der Waals surface area contributed by atoms with Crippen LogP contribution in [-0.4, -0.2) is 34.2 Å². The molecular formula is C19H18N2O2. The molecule has 0 saturated carbocycles. The van der Waals surface area contributed by atoms with E-state index in [2.05, 4.69) is 23.2 Å². The smallest absolute Gasteiger partial charge is 0.256 e. The normalized spacial score (nSPS) is 22.7. The summed E-state index contributed by atoms with van der Waals surface area (Å²) >= 11 is 0. The van der Waals surface area contributed by atoms with E-state index in [0.29, 0.717) is 24.1 Å². The number of ketones is 1. The van der Waals surface area contributed by atoms with Crippen LogP contribution in [0.4, 0.5) is 0 Å². The van der Waals surface area contributed by atoms with E-state index >= 15 is 0 Å². The van der Waals surface area contributed by atoms with Gasteiger partial charge in [-0.05, 0) is 30.0 Å². The minimum absolute atomic E-state index is 0.0314. The minimum atomic E-state index is -0.0317. The Kier molecular flexibility index (Phi) is 3.37. The maximum atomic E-state index is 12.8. The van der Waals surface area contributed by atoms with Crippen molar-refractivity contribution in [3.63, 3.8) is 0 Å². The Morgan fingerprint density at radius 1 is 1.09 bits per heavy atom. The maximum absolute atomic E-state index is 12.8. The van der Waals surface area contributed by atoms with Crippen LogP contribution < -0.4 is 0 Å². The van der Waals surface area contributed by atoms with Gasteiger partial charge in [0.05, 0.1) is 17.3 Å². The number of rotatable bonds is 1. The summed E-state index contributed by atoms with van der Waals surface area (Å²) < 4.78 is 0. The maximum Gasteiger partial charge on any atom is 0.256 e. The Balaban J connectivity index is 1.70. The molecule has 2 aromatic rings. The Hall–Kier alpha value is -2.62. The second kappa shape index (κ2) is 5.54. The molecule has 0 radical (unpaired) electrons. The zero-order valence-corrected chi connectivity index (χ0v) is 12.8. The highest BCUT2D eigenvalue weighted by atomic mass is 16.2. The number of benzene rings is 1. The average Bonchev–Trinajstić information content (AvgIpc) is 3.19. The van der Waals surface area contributed by atoms with Crippen LogP contribution in [0.1, 0.15) is 45.7 Å². The standard InChI is InChI=1S/C19H18N2O2/c22-17-7-6-16-14(12-13-4-2-1-3-5-13)9-11-21(16)19(23)15-8-10-20-18(15)17/h1-5,8,10,12,16,20H,6-7,9,11H2/b14-12+/t16-/m1/s1. The summed E-state index contributed by atoms with van der Waals surface area (Å²) in [4.78, 5) is 29.9. The molecule has 3 heterocycles. The molecule has 4 rings (SSSR count). The third-order valence-corrected chi connectivity index (χ3v) is 4.76. The molecule has 1 amide bonds. The van der Waals surface area contributed by atoms with Gasteiger partial charge in [-0.1, -0.05) is 36.4 Å². The molecule has 1 saturated heterocycles. The molecule has 1 N–H and O–H groups in total. The van der Waals surface area contributed by atoms with Crippen LogP contribution >= 0.6 is 0 Å².